The quantitative estimate of drug-likeness (QED) is 0.592. The number of nitrogens with zero attached hydrogens (tertiary/aromatic N) is 1. The Bertz CT molecular complexity index is 838. The van der Waals surface area contributed by atoms with Crippen molar-refractivity contribution >= 4 is 23.2 Å². The highest BCUT2D eigenvalue weighted by Gasteiger charge is 2.09. The monoisotopic (exact) mass is 387 g/mol. The third kappa shape index (κ3) is 6.58. The van der Waals surface area contributed by atoms with E-state index >= 15 is 0 Å². The summed E-state index contributed by atoms with van der Waals surface area (Å²) >= 11 is 0. The zero-order valence-electron chi connectivity index (χ0n) is 15.6. The van der Waals surface area contributed by atoms with E-state index in [4.69, 9.17) is 5.73 Å². The summed E-state index contributed by atoms with van der Waals surface area (Å²) in [4.78, 5) is 4.14. The fourth-order valence-electron chi connectivity index (χ4n) is 3.19. The molecule has 1 unspecified atom stereocenters. The van der Waals surface area contributed by atoms with Gasteiger partial charge in [0.05, 0.1) is 0 Å². The molecule has 3 nitrogen and oxygen atoms in total. The van der Waals surface area contributed by atoms with E-state index in [0.29, 0.717) is 6.04 Å². The highest BCUT2D eigenvalue weighted by Crippen LogP contribution is 2.15. The van der Waals surface area contributed by atoms with Gasteiger partial charge in [-0.05, 0) is 67.0 Å². The second-order valence-corrected chi connectivity index (χ2v) is 7.00. The zero-order chi connectivity index (χ0) is 18.4. The molecule has 0 spiro atoms. The van der Waals surface area contributed by atoms with Crippen molar-refractivity contribution in [1.82, 2.24) is 10.3 Å². The predicted molar refractivity (Wildman–Crippen MR) is 113 cm³/mol. The maximum absolute atomic E-state index is 12.9. The van der Waals surface area contributed by atoms with Crippen LogP contribution in [0.15, 0.2) is 60.9 Å². The normalized spacial score (nSPS) is 13.1. The number of aryl methyl sites for hydroxylation is 1. The number of hydrogen-bond acceptors (Lipinski definition) is 3. The summed E-state index contributed by atoms with van der Waals surface area (Å²) in [6, 6.07) is 15.6. The summed E-state index contributed by atoms with van der Waals surface area (Å²) in [5, 5.41) is 5.93. The van der Waals surface area contributed by atoms with Crippen molar-refractivity contribution in [2.24, 2.45) is 5.73 Å². The second-order valence-electron chi connectivity index (χ2n) is 7.00. The van der Waals surface area contributed by atoms with Crippen molar-refractivity contribution in [2.75, 3.05) is 0 Å². The zero-order valence-corrected chi connectivity index (χ0v) is 16.4. The van der Waals surface area contributed by atoms with E-state index < -0.39 is 0 Å². The molecule has 5 heteroatoms. The first kappa shape index (κ1) is 21.3. The minimum atomic E-state index is -0.194. The molecule has 0 radical (unpaired) electrons. The van der Waals surface area contributed by atoms with E-state index in [1.165, 1.54) is 23.1 Å². The third-order valence-corrected chi connectivity index (χ3v) is 4.73. The SMILES string of the molecule is C[C@H](CC(N)CCc1ccc(F)cc1)NCc1ccc2cnccc2c1.Cl. The van der Waals surface area contributed by atoms with E-state index in [0.717, 1.165) is 36.8 Å². The molecule has 0 aliphatic rings. The van der Waals surface area contributed by atoms with Crippen LogP contribution in [-0.4, -0.2) is 17.1 Å². The molecule has 27 heavy (non-hydrogen) atoms. The molecule has 2 atom stereocenters. The molecule has 0 aliphatic carbocycles. The maximum atomic E-state index is 12.9. The van der Waals surface area contributed by atoms with Crippen molar-refractivity contribution in [3.8, 4) is 0 Å². The fourth-order valence-corrected chi connectivity index (χ4v) is 3.19. The molecule has 0 fully saturated rings. The minimum absolute atomic E-state index is 0. The number of nitrogens with two attached hydrogens (primary N) is 1. The minimum Gasteiger partial charge on any atom is -0.328 e. The van der Waals surface area contributed by atoms with Gasteiger partial charge in [-0.25, -0.2) is 4.39 Å². The summed E-state index contributed by atoms with van der Waals surface area (Å²) < 4.78 is 12.9. The van der Waals surface area contributed by atoms with Crippen molar-refractivity contribution < 1.29 is 4.39 Å². The van der Waals surface area contributed by atoms with Gasteiger partial charge in [0.2, 0.25) is 0 Å². The van der Waals surface area contributed by atoms with Crippen LogP contribution in [0.2, 0.25) is 0 Å². The number of aromatic nitrogens is 1. The average molecular weight is 388 g/mol. The van der Waals surface area contributed by atoms with Gasteiger partial charge in [0.15, 0.2) is 0 Å². The topological polar surface area (TPSA) is 50.9 Å². The van der Waals surface area contributed by atoms with Crippen LogP contribution in [0.1, 0.15) is 30.9 Å². The summed E-state index contributed by atoms with van der Waals surface area (Å²) in [6.45, 7) is 2.99. The number of halogens is 2. The second kappa shape index (κ2) is 10.4. The Hall–Kier alpha value is -2.01. The Kier molecular flexibility index (Phi) is 8.17. The molecule has 144 valence electrons. The van der Waals surface area contributed by atoms with Crippen LogP contribution in [0.4, 0.5) is 4.39 Å². The molecule has 1 aromatic heterocycles. The van der Waals surface area contributed by atoms with E-state index in [2.05, 4.69) is 35.4 Å². The average Bonchev–Trinajstić information content (AvgIpc) is 2.66. The van der Waals surface area contributed by atoms with E-state index in [1.807, 2.05) is 30.6 Å². The number of nitrogens with one attached hydrogen (secondary N) is 1. The van der Waals surface area contributed by atoms with Crippen LogP contribution in [0.3, 0.4) is 0 Å². The lowest BCUT2D eigenvalue weighted by molar-refractivity contribution is 0.447. The smallest absolute Gasteiger partial charge is 0.123 e. The Morgan fingerprint density at radius 1 is 1.04 bits per heavy atom. The molecule has 0 amide bonds. The van der Waals surface area contributed by atoms with Gasteiger partial charge in [0.25, 0.3) is 0 Å². The van der Waals surface area contributed by atoms with Gasteiger partial charge in [-0.15, -0.1) is 12.4 Å². The van der Waals surface area contributed by atoms with Crippen LogP contribution in [-0.2, 0) is 13.0 Å². The van der Waals surface area contributed by atoms with Crippen molar-refractivity contribution in [2.45, 2.75) is 44.8 Å². The molecule has 1 heterocycles. The molecule has 0 bridgehead atoms. The number of rotatable bonds is 8. The highest BCUT2D eigenvalue weighted by molar-refractivity contribution is 5.85. The summed E-state index contributed by atoms with van der Waals surface area (Å²) in [5.74, 6) is -0.194. The van der Waals surface area contributed by atoms with E-state index in [1.54, 1.807) is 0 Å². The van der Waals surface area contributed by atoms with E-state index in [9.17, 15) is 4.39 Å². The number of fused-ring (bicyclic) bond motifs is 1. The maximum Gasteiger partial charge on any atom is 0.123 e. The molecule has 3 rings (SSSR count). The van der Waals surface area contributed by atoms with Crippen molar-refractivity contribution in [3.05, 3.63) is 77.9 Å². The van der Waals surface area contributed by atoms with Crippen LogP contribution in [0, 0.1) is 5.82 Å². The summed E-state index contributed by atoms with van der Waals surface area (Å²) in [7, 11) is 0. The summed E-state index contributed by atoms with van der Waals surface area (Å²) in [5.41, 5.74) is 8.67. The number of hydrogen-bond donors (Lipinski definition) is 2. The summed E-state index contributed by atoms with van der Waals surface area (Å²) in [6.07, 6.45) is 6.41. The van der Waals surface area contributed by atoms with Gasteiger partial charge in [0, 0.05) is 36.4 Å². The van der Waals surface area contributed by atoms with Gasteiger partial charge in [-0.1, -0.05) is 24.3 Å². The van der Waals surface area contributed by atoms with Gasteiger partial charge in [-0.2, -0.15) is 0 Å². The standard InChI is InChI=1S/C22H26FN3.ClH/c1-16(12-22(24)9-5-17-3-7-21(23)8-4-17)26-14-18-2-6-20-15-25-11-10-19(20)13-18;/h2-4,6-8,10-11,13,15-16,22,26H,5,9,12,14,24H2,1H3;1H/t16-,22?;/m1./s1. The number of benzene rings is 2. The molecule has 2 aromatic carbocycles. The van der Waals surface area contributed by atoms with Gasteiger partial charge < -0.3 is 11.1 Å². The first-order chi connectivity index (χ1) is 12.6. The first-order valence-corrected chi connectivity index (χ1v) is 9.16. The Balaban J connectivity index is 0.00000261. The molecular formula is C22H27ClFN3. The lowest BCUT2D eigenvalue weighted by Crippen LogP contribution is -2.33. The molecule has 0 saturated carbocycles. The molecule has 3 N–H and O–H groups in total. The Morgan fingerprint density at radius 2 is 1.78 bits per heavy atom. The van der Waals surface area contributed by atoms with Crippen molar-refractivity contribution in [1.29, 1.82) is 0 Å². The predicted octanol–water partition coefficient (Wildman–Crippen LogP) is 4.62. The number of pyridine rings is 1. The van der Waals surface area contributed by atoms with Crippen LogP contribution < -0.4 is 11.1 Å². The van der Waals surface area contributed by atoms with Crippen LogP contribution in [0.5, 0.6) is 0 Å². The Morgan fingerprint density at radius 3 is 2.56 bits per heavy atom. The molecular weight excluding hydrogens is 361 g/mol. The largest absolute Gasteiger partial charge is 0.328 e. The fraction of sp³-hybridized carbons (Fsp3) is 0.318. The van der Waals surface area contributed by atoms with Gasteiger partial charge in [-0.3, -0.25) is 4.98 Å². The lowest BCUT2D eigenvalue weighted by Gasteiger charge is -2.19. The lowest BCUT2D eigenvalue weighted by atomic mass is 10.0. The molecule has 0 aliphatic heterocycles. The first-order valence-electron chi connectivity index (χ1n) is 9.16. The molecule has 0 saturated heterocycles. The van der Waals surface area contributed by atoms with E-state index in [-0.39, 0.29) is 24.3 Å². The van der Waals surface area contributed by atoms with Crippen molar-refractivity contribution in [3.63, 3.8) is 0 Å². The Labute approximate surface area is 166 Å². The van der Waals surface area contributed by atoms with Gasteiger partial charge in [0.1, 0.15) is 5.82 Å². The third-order valence-electron chi connectivity index (χ3n) is 4.73. The van der Waals surface area contributed by atoms with Gasteiger partial charge >= 0.3 is 0 Å². The highest BCUT2D eigenvalue weighted by atomic mass is 35.5. The van der Waals surface area contributed by atoms with Crippen LogP contribution in [0.25, 0.3) is 10.8 Å². The molecule has 3 aromatic rings. The van der Waals surface area contributed by atoms with Crippen LogP contribution >= 0.6 is 12.4 Å².